The van der Waals surface area contributed by atoms with Gasteiger partial charge in [-0.05, 0) is 20.8 Å². The molecule has 0 radical (unpaired) electrons. The van der Waals surface area contributed by atoms with E-state index in [1.165, 1.54) is 6.92 Å². The Kier molecular flexibility index (Phi) is 9.91. The number of ether oxygens (including phenoxy) is 3. The van der Waals surface area contributed by atoms with Crippen LogP contribution in [0, 0.1) is 0 Å². The van der Waals surface area contributed by atoms with Crippen molar-refractivity contribution in [1.29, 1.82) is 0 Å². The molecule has 0 aromatic rings. The largest absolute Gasteiger partial charge is 0.460 e. The Balaban J connectivity index is 4.22. The van der Waals surface area contributed by atoms with E-state index in [4.69, 9.17) is 14.2 Å². The molecule has 0 aliphatic rings. The summed E-state index contributed by atoms with van der Waals surface area (Å²) in [6, 6.07) is 0. The highest BCUT2D eigenvalue weighted by Crippen LogP contribution is 2.32. The molecule has 0 aromatic carbocycles. The number of esters is 2. The molecule has 8 heteroatoms. The van der Waals surface area contributed by atoms with Crippen molar-refractivity contribution in [3.05, 3.63) is 24.3 Å². The zero-order chi connectivity index (χ0) is 18.2. The van der Waals surface area contributed by atoms with Crippen LogP contribution in [0.2, 0.25) is 0 Å². The van der Waals surface area contributed by atoms with E-state index in [1.807, 2.05) is 0 Å². The average molecular weight is 458 g/mol. The van der Waals surface area contributed by atoms with Gasteiger partial charge >= 0.3 is 11.9 Å². The summed E-state index contributed by atoms with van der Waals surface area (Å²) in [6.45, 7) is 11.5. The van der Waals surface area contributed by atoms with Crippen molar-refractivity contribution in [2.45, 2.75) is 36.2 Å². The van der Waals surface area contributed by atoms with Crippen LogP contribution in [0.15, 0.2) is 24.3 Å². The van der Waals surface area contributed by atoms with Gasteiger partial charge in [-0.15, -0.1) is 0 Å². The van der Waals surface area contributed by atoms with Gasteiger partial charge in [0.05, 0.1) is 12.7 Å². The van der Waals surface area contributed by atoms with E-state index in [2.05, 4.69) is 45.0 Å². The lowest BCUT2D eigenvalue weighted by atomic mass is 10.3. The minimum atomic E-state index is -0.977. The number of carbonyl (C=O) groups excluding carboxylic acids is 2. The van der Waals surface area contributed by atoms with Crippen molar-refractivity contribution in [3.63, 3.8) is 0 Å². The first kappa shape index (κ1) is 22.3. The zero-order valence-corrected chi connectivity index (χ0v) is 16.6. The maximum absolute atomic E-state index is 11.4. The number of aliphatic hydroxyl groups is 1. The second kappa shape index (κ2) is 10.2. The van der Waals surface area contributed by atoms with Gasteiger partial charge < -0.3 is 19.3 Å². The fourth-order valence-corrected chi connectivity index (χ4v) is 1.62. The summed E-state index contributed by atoms with van der Waals surface area (Å²) in [4.78, 5) is 22.6. The van der Waals surface area contributed by atoms with Gasteiger partial charge in [-0.25, -0.2) is 9.59 Å². The van der Waals surface area contributed by atoms with Gasteiger partial charge in [0.2, 0.25) is 0 Å². The maximum Gasteiger partial charge on any atom is 0.333 e. The third-order valence-electron chi connectivity index (χ3n) is 2.63. The van der Waals surface area contributed by atoms with Crippen LogP contribution >= 0.6 is 31.9 Å². The van der Waals surface area contributed by atoms with Crippen LogP contribution < -0.4 is 0 Å². The molecule has 0 aromatic heterocycles. The Morgan fingerprint density at radius 2 is 1.57 bits per heavy atom. The van der Waals surface area contributed by atoms with Crippen LogP contribution in [-0.4, -0.2) is 52.3 Å². The van der Waals surface area contributed by atoms with Crippen molar-refractivity contribution in [2.24, 2.45) is 0 Å². The second-order valence-electron chi connectivity index (χ2n) is 5.13. The number of aliphatic hydroxyl groups excluding tert-OH is 1. The number of carbonyl (C=O) groups is 2. The molecule has 1 N–H and O–H groups in total. The Bertz CT molecular complexity index is 461. The molecule has 0 saturated carbocycles. The molecule has 2 atom stereocenters. The standard InChI is InChI=1S/C15H22Br2O6/c1-9(2)13(19)22-7-12(18)6-21-11(5)15(16,17)8-23-14(20)10(3)4/h11-12,18H,1,3,6-8H2,2,4-5H3. The summed E-state index contributed by atoms with van der Waals surface area (Å²) in [5.74, 6) is -1.08. The van der Waals surface area contributed by atoms with E-state index in [1.54, 1.807) is 13.8 Å². The molecule has 0 rings (SSSR count). The highest BCUT2D eigenvalue weighted by molar-refractivity contribution is 9.25. The van der Waals surface area contributed by atoms with Crippen LogP contribution in [0.25, 0.3) is 0 Å². The molecule has 0 amide bonds. The van der Waals surface area contributed by atoms with Crippen LogP contribution in [-0.2, 0) is 23.8 Å². The Hall–Kier alpha value is -0.700. The lowest BCUT2D eigenvalue weighted by molar-refractivity contribution is -0.143. The Labute approximate surface area is 153 Å². The van der Waals surface area contributed by atoms with E-state index in [0.717, 1.165) is 0 Å². The van der Waals surface area contributed by atoms with Gasteiger partial charge in [-0.2, -0.15) is 0 Å². The SMILES string of the molecule is C=C(C)C(=O)OCC(O)COC(C)C(Br)(Br)COC(=O)C(=C)C. The normalized spacial score (nSPS) is 13.8. The van der Waals surface area contributed by atoms with Crippen molar-refractivity contribution in [3.8, 4) is 0 Å². The molecule has 0 saturated heterocycles. The highest BCUT2D eigenvalue weighted by Gasteiger charge is 2.33. The maximum atomic E-state index is 11.4. The first-order valence-electron chi connectivity index (χ1n) is 6.80. The molecule has 0 aliphatic carbocycles. The molecule has 0 aliphatic heterocycles. The third-order valence-corrected chi connectivity index (χ3v) is 4.38. The van der Waals surface area contributed by atoms with Gasteiger partial charge in [-0.1, -0.05) is 45.0 Å². The van der Waals surface area contributed by atoms with Gasteiger partial charge in [-0.3, -0.25) is 0 Å². The molecule has 0 bridgehead atoms. The van der Waals surface area contributed by atoms with Crippen molar-refractivity contribution >= 4 is 43.8 Å². The molecule has 0 spiro atoms. The smallest absolute Gasteiger partial charge is 0.333 e. The number of hydrogen-bond acceptors (Lipinski definition) is 6. The van der Waals surface area contributed by atoms with Crippen LogP contribution in [0.1, 0.15) is 20.8 Å². The van der Waals surface area contributed by atoms with Crippen molar-refractivity contribution in [2.75, 3.05) is 19.8 Å². The van der Waals surface area contributed by atoms with E-state index >= 15 is 0 Å². The number of rotatable bonds is 10. The quantitative estimate of drug-likeness (QED) is 0.308. The summed E-state index contributed by atoms with van der Waals surface area (Å²) in [6.07, 6.45) is -1.43. The van der Waals surface area contributed by atoms with Crippen molar-refractivity contribution in [1.82, 2.24) is 0 Å². The Morgan fingerprint density at radius 1 is 1.09 bits per heavy atom. The molecule has 6 nitrogen and oxygen atoms in total. The fourth-order valence-electron chi connectivity index (χ4n) is 1.12. The summed E-state index contributed by atoms with van der Waals surface area (Å²) < 4.78 is 14.5. The summed E-state index contributed by atoms with van der Waals surface area (Å²) in [5, 5.41) is 9.73. The zero-order valence-electron chi connectivity index (χ0n) is 13.4. The van der Waals surface area contributed by atoms with Crippen LogP contribution in [0.4, 0.5) is 0 Å². The Morgan fingerprint density at radius 3 is 2.04 bits per heavy atom. The monoisotopic (exact) mass is 456 g/mol. The summed E-state index contributed by atoms with van der Waals surface area (Å²) >= 11 is 6.73. The van der Waals surface area contributed by atoms with Crippen molar-refractivity contribution < 1.29 is 28.9 Å². The first-order valence-corrected chi connectivity index (χ1v) is 8.38. The lowest BCUT2D eigenvalue weighted by Crippen LogP contribution is -2.38. The van der Waals surface area contributed by atoms with Crippen LogP contribution in [0.5, 0.6) is 0 Å². The molecule has 0 fully saturated rings. The predicted molar refractivity (Wildman–Crippen MR) is 93.6 cm³/mol. The topological polar surface area (TPSA) is 82.1 Å². The lowest BCUT2D eigenvalue weighted by Gasteiger charge is -2.28. The van der Waals surface area contributed by atoms with Gasteiger partial charge in [0.15, 0.2) is 0 Å². The molecule has 2 unspecified atom stereocenters. The van der Waals surface area contributed by atoms with E-state index < -0.39 is 27.4 Å². The molecule has 132 valence electrons. The van der Waals surface area contributed by atoms with Gasteiger partial charge in [0, 0.05) is 11.1 Å². The summed E-state index contributed by atoms with van der Waals surface area (Å²) in [7, 11) is 0. The average Bonchev–Trinajstić information content (AvgIpc) is 2.47. The van der Waals surface area contributed by atoms with E-state index in [9.17, 15) is 14.7 Å². The minimum Gasteiger partial charge on any atom is -0.460 e. The molecular weight excluding hydrogens is 436 g/mol. The van der Waals surface area contributed by atoms with E-state index in [0.29, 0.717) is 5.57 Å². The van der Waals surface area contributed by atoms with Crippen LogP contribution in [0.3, 0.4) is 0 Å². The molecule has 0 heterocycles. The fraction of sp³-hybridized carbons (Fsp3) is 0.600. The molecule has 23 heavy (non-hydrogen) atoms. The predicted octanol–water partition coefficient (Wildman–Crippen LogP) is 2.48. The third kappa shape index (κ3) is 9.24. The first-order chi connectivity index (χ1) is 10.5. The highest BCUT2D eigenvalue weighted by atomic mass is 79.9. The van der Waals surface area contributed by atoms with Gasteiger partial charge in [0.25, 0.3) is 0 Å². The summed E-state index contributed by atoms with van der Waals surface area (Å²) in [5.41, 5.74) is 0.551. The minimum absolute atomic E-state index is 0.000595. The molecular formula is C15H22Br2O6. The van der Waals surface area contributed by atoms with E-state index in [-0.39, 0.29) is 25.4 Å². The number of halogens is 2. The number of alkyl halides is 2. The second-order valence-corrected chi connectivity index (χ2v) is 9.02. The van der Waals surface area contributed by atoms with Gasteiger partial charge in [0.1, 0.15) is 22.6 Å². The number of hydrogen-bond donors (Lipinski definition) is 1.